The molecule has 0 radical (unpaired) electrons. The summed E-state index contributed by atoms with van der Waals surface area (Å²) < 4.78 is 5.03. The fourth-order valence-electron chi connectivity index (χ4n) is 2.99. The van der Waals surface area contributed by atoms with Gasteiger partial charge >= 0.3 is 0 Å². The average molecular weight is 264 g/mol. The van der Waals surface area contributed by atoms with Crippen molar-refractivity contribution in [1.29, 1.82) is 0 Å². The van der Waals surface area contributed by atoms with Crippen LogP contribution >= 0.6 is 12.2 Å². The lowest BCUT2D eigenvalue weighted by Gasteiger charge is -2.38. The van der Waals surface area contributed by atoms with Crippen molar-refractivity contribution < 1.29 is 0 Å². The lowest BCUT2D eigenvalue weighted by molar-refractivity contribution is 0.133. The zero-order valence-corrected chi connectivity index (χ0v) is 12.1. The van der Waals surface area contributed by atoms with Crippen LogP contribution in [0.4, 0.5) is 0 Å². The average Bonchev–Trinajstić information content (AvgIpc) is 2.76. The largest absolute Gasteiger partial charge is 0.328 e. The van der Waals surface area contributed by atoms with E-state index in [1.54, 1.807) is 0 Å². The smallest absolute Gasteiger partial charge is 0.179 e. The molecule has 3 rings (SSSR count). The number of aromatic nitrogens is 4. The third kappa shape index (κ3) is 1.64. The Balaban J connectivity index is 2.13. The number of fused-ring (bicyclic) bond motifs is 1. The number of aromatic amines is 1. The van der Waals surface area contributed by atoms with Crippen molar-refractivity contribution >= 4 is 23.4 Å². The van der Waals surface area contributed by atoms with Gasteiger partial charge in [0.25, 0.3) is 0 Å². The molecule has 1 saturated carbocycles. The lowest BCUT2D eigenvalue weighted by Crippen LogP contribution is -2.31. The van der Waals surface area contributed by atoms with Crippen molar-refractivity contribution in [2.75, 3.05) is 0 Å². The molecule has 2 heterocycles. The van der Waals surface area contributed by atoms with E-state index in [0.717, 1.165) is 34.6 Å². The molecule has 0 spiro atoms. The summed E-state index contributed by atoms with van der Waals surface area (Å²) in [5, 5.41) is 4.56. The molecule has 1 fully saturated rings. The van der Waals surface area contributed by atoms with Gasteiger partial charge in [0.1, 0.15) is 5.52 Å². The highest BCUT2D eigenvalue weighted by molar-refractivity contribution is 7.71. The second kappa shape index (κ2) is 3.95. The number of aryl methyl sites for hydroxylation is 2. The van der Waals surface area contributed by atoms with E-state index in [-0.39, 0.29) is 0 Å². The molecule has 2 aromatic rings. The summed E-state index contributed by atoms with van der Waals surface area (Å²) in [6.07, 6.45) is 4.90. The van der Waals surface area contributed by atoms with E-state index >= 15 is 0 Å². The number of H-pyrrole nitrogens is 1. The van der Waals surface area contributed by atoms with Gasteiger partial charge in [-0.1, -0.05) is 20.3 Å². The zero-order valence-electron chi connectivity index (χ0n) is 11.3. The number of rotatable bonds is 3. The maximum Gasteiger partial charge on any atom is 0.179 e. The van der Waals surface area contributed by atoms with Gasteiger partial charge in [0, 0.05) is 13.6 Å². The Hall–Kier alpha value is -1.10. The van der Waals surface area contributed by atoms with E-state index < -0.39 is 0 Å². The molecule has 1 N–H and O–H groups in total. The molecule has 0 bridgehead atoms. The minimum Gasteiger partial charge on any atom is -0.328 e. The predicted octanol–water partition coefficient (Wildman–Crippen LogP) is 3.18. The molecule has 1 aliphatic rings. The summed E-state index contributed by atoms with van der Waals surface area (Å²) in [5.41, 5.74) is 3.79. The first-order valence-corrected chi connectivity index (χ1v) is 7.09. The van der Waals surface area contributed by atoms with E-state index in [2.05, 4.69) is 28.5 Å². The minimum absolute atomic E-state index is 0.421. The molecule has 0 aliphatic heterocycles. The second-order valence-electron chi connectivity index (χ2n) is 5.80. The van der Waals surface area contributed by atoms with Gasteiger partial charge in [-0.05, 0) is 36.9 Å². The van der Waals surface area contributed by atoms with Crippen LogP contribution in [-0.2, 0) is 20.0 Å². The quantitative estimate of drug-likeness (QED) is 0.865. The molecule has 5 heteroatoms. The van der Waals surface area contributed by atoms with Crippen molar-refractivity contribution in [1.82, 2.24) is 19.3 Å². The third-order valence-electron chi connectivity index (χ3n) is 4.26. The Morgan fingerprint density at radius 1 is 1.44 bits per heavy atom. The van der Waals surface area contributed by atoms with E-state index in [4.69, 9.17) is 12.2 Å². The molecule has 18 heavy (non-hydrogen) atoms. The molecule has 4 nitrogen and oxygen atoms in total. The highest BCUT2D eigenvalue weighted by atomic mass is 32.1. The molecule has 0 amide bonds. The second-order valence-corrected chi connectivity index (χ2v) is 6.19. The standard InChI is InChI=1S/C13H20N4S/c1-4-9-10-11(16(3)15-9)17(12(18)14-10)8-13(2)6-5-7-13/h4-8H2,1-3H3,(H,14,18). The molecule has 0 atom stereocenters. The molecule has 1 aliphatic carbocycles. The molecule has 0 aromatic carbocycles. The summed E-state index contributed by atoms with van der Waals surface area (Å²) in [5.74, 6) is 0. The Labute approximate surface area is 112 Å². The van der Waals surface area contributed by atoms with Crippen LogP contribution in [0.1, 0.15) is 38.8 Å². The highest BCUT2D eigenvalue weighted by Gasteiger charge is 2.33. The van der Waals surface area contributed by atoms with Gasteiger partial charge in [0.15, 0.2) is 10.4 Å². The number of nitrogens with one attached hydrogen (secondary N) is 1. The van der Waals surface area contributed by atoms with Gasteiger partial charge in [-0.3, -0.25) is 4.68 Å². The highest BCUT2D eigenvalue weighted by Crippen LogP contribution is 2.42. The summed E-state index contributed by atoms with van der Waals surface area (Å²) >= 11 is 5.48. The van der Waals surface area contributed by atoms with Crippen LogP contribution in [-0.4, -0.2) is 19.3 Å². The van der Waals surface area contributed by atoms with Crippen molar-refractivity contribution in [3.63, 3.8) is 0 Å². The summed E-state index contributed by atoms with van der Waals surface area (Å²) in [6.45, 7) is 5.49. The third-order valence-corrected chi connectivity index (χ3v) is 4.58. The number of hydrogen-bond donors (Lipinski definition) is 1. The molecule has 2 aromatic heterocycles. The van der Waals surface area contributed by atoms with Crippen LogP contribution in [0.25, 0.3) is 11.2 Å². The topological polar surface area (TPSA) is 38.5 Å². The van der Waals surface area contributed by atoms with Crippen LogP contribution in [0, 0.1) is 10.2 Å². The van der Waals surface area contributed by atoms with Crippen LogP contribution in [0.5, 0.6) is 0 Å². The monoisotopic (exact) mass is 264 g/mol. The van der Waals surface area contributed by atoms with Crippen molar-refractivity contribution in [3.8, 4) is 0 Å². The Morgan fingerprint density at radius 2 is 2.17 bits per heavy atom. The lowest BCUT2D eigenvalue weighted by atomic mass is 9.70. The first-order valence-electron chi connectivity index (χ1n) is 6.68. The fraction of sp³-hybridized carbons (Fsp3) is 0.692. The van der Waals surface area contributed by atoms with E-state index in [1.165, 1.54) is 19.3 Å². The van der Waals surface area contributed by atoms with Gasteiger partial charge in [0.2, 0.25) is 0 Å². The van der Waals surface area contributed by atoms with Gasteiger partial charge < -0.3 is 9.55 Å². The molecule has 98 valence electrons. The Morgan fingerprint density at radius 3 is 2.72 bits per heavy atom. The normalized spacial score (nSPS) is 18.2. The minimum atomic E-state index is 0.421. The van der Waals surface area contributed by atoms with Gasteiger partial charge in [-0.15, -0.1) is 0 Å². The maximum absolute atomic E-state index is 5.48. The summed E-state index contributed by atoms with van der Waals surface area (Å²) in [7, 11) is 2.00. The zero-order chi connectivity index (χ0) is 12.9. The number of hydrogen-bond acceptors (Lipinski definition) is 2. The molecular formula is C13H20N4S. The molecule has 0 saturated heterocycles. The van der Waals surface area contributed by atoms with Gasteiger partial charge in [-0.25, -0.2) is 0 Å². The number of imidazole rings is 1. The SMILES string of the molecule is CCc1nn(C)c2c1[nH]c(=S)n2CC1(C)CCC1. The molecular weight excluding hydrogens is 244 g/mol. The Kier molecular flexibility index (Phi) is 2.62. The first-order chi connectivity index (χ1) is 8.54. The van der Waals surface area contributed by atoms with Crippen LogP contribution in [0.2, 0.25) is 0 Å². The maximum atomic E-state index is 5.48. The van der Waals surface area contributed by atoms with Crippen LogP contribution < -0.4 is 0 Å². The first kappa shape index (κ1) is 12.0. The van der Waals surface area contributed by atoms with Crippen molar-refractivity contribution in [2.45, 2.75) is 46.1 Å². The van der Waals surface area contributed by atoms with Crippen LogP contribution in [0.3, 0.4) is 0 Å². The van der Waals surface area contributed by atoms with E-state index in [1.807, 2.05) is 11.7 Å². The van der Waals surface area contributed by atoms with E-state index in [9.17, 15) is 0 Å². The molecule has 0 unspecified atom stereocenters. The number of nitrogens with zero attached hydrogens (tertiary/aromatic N) is 3. The summed E-state index contributed by atoms with van der Waals surface area (Å²) in [4.78, 5) is 3.33. The van der Waals surface area contributed by atoms with Crippen molar-refractivity contribution in [3.05, 3.63) is 10.5 Å². The van der Waals surface area contributed by atoms with Crippen molar-refractivity contribution in [2.24, 2.45) is 12.5 Å². The Bertz CT molecular complexity index is 642. The predicted molar refractivity (Wildman–Crippen MR) is 75.2 cm³/mol. The van der Waals surface area contributed by atoms with Crippen LogP contribution in [0.15, 0.2) is 0 Å². The van der Waals surface area contributed by atoms with Gasteiger partial charge in [-0.2, -0.15) is 5.10 Å². The fourth-order valence-corrected chi connectivity index (χ4v) is 3.25. The summed E-state index contributed by atoms with van der Waals surface area (Å²) in [6, 6.07) is 0. The van der Waals surface area contributed by atoms with E-state index in [0.29, 0.717) is 5.41 Å². The van der Waals surface area contributed by atoms with Gasteiger partial charge in [0.05, 0.1) is 5.69 Å².